The summed E-state index contributed by atoms with van der Waals surface area (Å²) in [4.78, 5) is 54.0. The SMILES string of the molecule is CCOc1ccc(C[C@H](N)C(=O)N[C@H](CCCN=C(N)N)C(=O)N[C@@H](Cc2ccccc2)C(=O)NCC(=O)O)cc1. The molecule has 13 nitrogen and oxygen atoms in total. The van der Waals surface area contributed by atoms with Crippen LogP contribution in [0.4, 0.5) is 0 Å². The lowest BCUT2D eigenvalue weighted by molar-refractivity contribution is -0.138. The van der Waals surface area contributed by atoms with Gasteiger partial charge in [0, 0.05) is 13.0 Å². The van der Waals surface area contributed by atoms with Crippen LogP contribution in [0.25, 0.3) is 0 Å². The molecule has 2 rings (SSSR count). The van der Waals surface area contributed by atoms with Gasteiger partial charge in [-0.1, -0.05) is 42.5 Å². The summed E-state index contributed by atoms with van der Waals surface area (Å²) >= 11 is 0. The first-order valence-corrected chi connectivity index (χ1v) is 13.3. The van der Waals surface area contributed by atoms with Crippen molar-refractivity contribution in [2.45, 2.75) is 50.7 Å². The average molecular weight is 570 g/mol. The molecule has 0 radical (unpaired) electrons. The Morgan fingerprint density at radius 1 is 0.878 bits per heavy atom. The Morgan fingerprint density at radius 3 is 2.12 bits per heavy atom. The van der Waals surface area contributed by atoms with Gasteiger partial charge in [-0.2, -0.15) is 0 Å². The van der Waals surface area contributed by atoms with Crippen LogP contribution < -0.4 is 37.9 Å². The van der Waals surface area contributed by atoms with E-state index in [-0.39, 0.29) is 31.8 Å². The molecule has 0 aromatic heterocycles. The van der Waals surface area contributed by atoms with Crippen LogP contribution in [0.5, 0.6) is 5.75 Å². The van der Waals surface area contributed by atoms with E-state index in [0.717, 1.165) is 11.1 Å². The van der Waals surface area contributed by atoms with Crippen molar-refractivity contribution in [3.8, 4) is 5.75 Å². The van der Waals surface area contributed by atoms with E-state index in [1.165, 1.54) is 0 Å². The number of aliphatic carboxylic acids is 1. The molecule has 10 N–H and O–H groups in total. The first-order chi connectivity index (χ1) is 19.6. The van der Waals surface area contributed by atoms with Gasteiger partial charge in [-0.25, -0.2) is 0 Å². The van der Waals surface area contributed by atoms with Gasteiger partial charge in [0.15, 0.2) is 5.96 Å². The van der Waals surface area contributed by atoms with Crippen LogP contribution >= 0.6 is 0 Å². The lowest BCUT2D eigenvalue weighted by atomic mass is 10.0. The number of benzene rings is 2. The smallest absolute Gasteiger partial charge is 0.322 e. The number of rotatable bonds is 17. The minimum absolute atomic E-state index is 0.101. The largest absolute Gasteiger partial charge is 0.494 e. The van der Waals surface area contributed by atoms with Gasteiger partial charge >= 0.3 is 5.97 Å². The van der Waals surface area contributed by atoms with Gasteiger partial charge in [0.05, 0.1) is 12.6 Å². The van der Waals surface area contributed by atoms with Gasteiger partial charge < -0.3 is 43.0 Å². The lowest BCUT2D eigenvalue weighted by Gasteiger charge is -2.24. The predicted molar refractivity (Wildman–Crippen MR) is 154 cm³/mol. The lowest BCUT2D eigenvalue weighted by Crippen LogP contribution is -2.56. The Labute approximate surface area is 238 Å². The fourth-order valence-corrected chi connectivity index (χ4v) is 3.90. The van der Waals surface area contributed by atoms with Crippen LogP contribution in [0.15, 0.2) is 59.6 Å². The number of nitrogens with two attached hydrogens (primary N) is 3. The van der Waals surface area contributed by atoms with E-state index < -0.39 is 48.4 Å². The maximum absolute atomic E-state index is 13.4. The summed E-state index contributed by atoms with van der Waals surface area (Å²) in [6, 6.07) is 13.0. The molecule has 0 saturated heterocycles. The molecule has 3 atom stereocenters. The number of hydrogen-bond acceptors (Lipinski definition) is 7. The van der Waals surface area contributed by atoms with E-state index in [9.17, 15) is 19.2 Å². The van der Waals surface area contributed by atoms with Crippen molar-refractivity contribution in [3.05, 3.63) is 65.7 Å². The monoisotopic (exact) mass is 569 g/mol. The second-order valence-electron chi connectivity index (χ2n) is 9.26. The van der Waals surface area contributed by atoms with Crippen LogP contribution in [0.1, 0.15) is 30.9 Å². The number of amides is 3. The second kappa shape index (κ2) is 17.1. The zero-order chi connectivity index (χ0) is 30.2. The zero-order valence-corrected chi connectivity index (χ0v) is 23.0. The van der Waals surface area contributed by atoms with Crippen LogP contribution in [-0.4, -0.2) is 72.6 Å². The van der Waals surface area contributed by atoms with E-state index in [2.05, 4.69) is 20.9 Å². The number of guanidine groups is 1. The normalized spacial score (nSPS) is 12.7. The summed E-state index contributed by atoms with van der Waals surface area (Å²) in [6.07, 6.45) is 0.816. The van der Waals surface area contributed by atoms with E-state index in [0.29, 0.717) is 18.8 Å². The molecule has 0 aliphatic heterocycles. The number of carboxylic acid groups (broad SMARTS) is 1. The number of carbonyl (C=O) groups excluding carboxylic acids is 3. The van der Waals surface area contributed by atoms with Gasteiger partial charge in [0.25, 0.3) is 0 Å². The number of carboxylic acids is 1. The summed E-state index contributed by atoms with van der Waals surface area (Å²) in [7, 11) is 0. The Bertz CT molecular complexity index is 1170. The van der Waals surface area contributed by atoms with Crippen LogP contribution in [0, 0.1) is 0 Å². The van der Waals surface area contributed by atoms with Crippen molar-refractivity contribution in [3.63, 3.8) is 0 Å². The fourth-order valence-electron chi connectivity index (χ4n) is 3.90. The summed E-state index contributed by atoms with van der Waals surface area (Å²) in [5.74, 6) is -2.51. The van der Waals surface area contributed by atoms with Crippen molar-refractivity contribution in [2.24, 2.45) is 22.2 Å². The molecule has 0 heterocycles. The molecule has 0 saturated carbocycles. The minimum atomic E-state index is -1.23. The minimum Gasteiger partial charge on any atom is -0.494 e. The van der Waals surface area contributed by atoms with Gasteiger partial charge in [-0.05, 0) is 49.4 Å². The van der Waals surface area contributed by atoms with Crippen molar-refractivity contribution in [1.29, 1.82) is 0 Å². The average Bonchev–Trinajstić information content (AvgIpc) is 2.94. The molecule has 41 heavy (non-hydrogen) atoms. The number of nitrogens with zero attached hydrogens (tertiary/aromatic N) is 1. The fraction of sp³-hybridized carbons (Fsp3) is 0.393. The van der Waals surface area contributed by atoms with Crippen molar-refractivity contribution < 1.29 is 29.0 Å². The highest BCUT2D eigenvalue weighted by Crippen LogP contribution is 2.13. The van der Waals surface area contributed by atoms with Crippen LogP contribution in [0.3, 0.4) is 0 Å². The Morgan fingerprint density at radius 2 is 1.51 bits per heavy atom. The van der Waals surface area contributed by atoms with E-state index >= 15 is 0 Å². The number of carbonyl (C=O) groups is 4. The number of nitrogens with one attached hydrogen (secondary N) is 3. The molecule has 13 heteroatoms. The maximum Gasteiger partial charge on any atom is 0.322 e. The molecule has 0 fully saturated rings. The molecule has 0 aliphatic rings. The van der Waals surface area contributed by atoms with E-state index in [1.54, 1.807) is 42.5 Å². The standard InChI is InChI=1S/C28H39N7O6/c1-2-41-20-12-10-19(11-13-20)15-21(29)25(38)34-22(9-6-14-32-28(30)31)27(40)35-23(26(39)33-17-24(36)37)16-18-7-4-3-5-8-18/h3-5,7-8,10-13,21-23H,2,6,9,14-17,29H2,1H3,(H,33,39)(H,34,38)(H,35,40)(H,36,37)(H4,30,31,32)/t21-,22+,23-/m0/s1. The van der Waals surface area contributed by atoms with E-state index in [1.807, 2.05) is 19.1 Å². The van der Waals surface area contributed by atoms with Crippen molar-refractivity contribution in [2.75, 3.05) is 19.7 Å². The van der Waals surface area contributed by atoms with Gasteiger partial charge in [-0.15, -0.1) is 0 Å². The Kier molecular flexibility index (Phi) is 13.6. The third-order valence-corrected chi connectivity index (χ3v) is 5.93. The molecule has 3 amide bonds. The molecular weight excluding hydrogens is 530 g/mol. The second-order valence-corrected chi connectivity index (χ2v) is 9.26. The summed E-state index contributed by atoms with van der Waals surface area (Å²) in [5.41, 5.74) is 18.5. The molecule has 2 aromatic rings. The van der Waals surface area contributed by atoms with Crippen molar-refractivity contribution >= 4 is 29.7 Å². The van der Waals surface area contributed by atoms with Gasteiger partial charge in [0.1, 0.15) is 24.4 Å². The highest BCUT2D eigenvalue weighted by Gasteiger charge is 2.28. The van der Waals surface area contributed by atoms with Crippen LogP contribution in [0.2, 0.25) is 0 Å². The van der Waals surface area contributed by atoms with Crippen LogP contribution in [-0.2, 0) is 32.0 Å². The molecule has 0 unspecified atom stereocenters. The molecule has 0 spiro atoms. The molecule has 2 aromatic carbocycles. The number of ether oxygens (including phenoxy) is 1. The highest BCUT2D eigenvalue weighted by atomic mass is 16.5. The number of aliphatic imine (C=N–C) groups is 1. The first-order valence-electron chi connectivity index (χ1n) is 13.3. The maximum atomic E-state index is 13.4. The molecule has 0 bridgehead atoms. The van der Waals surface area contributed by atoms with E-state index in [4.69, 9.17) is 27.0 Å². The highest BCUT2D eigenvalue weighted by molar-refractivity contribution is 5.93. The molecular formula is C28H39N7O6. The Hall–Kier alpha value is -4.65. The van der Waals surface area contributed by atoms with Crippen molar-refractivity contribution in [1.82, 2.24) is 16.0 Å². The predicted octanol–water partition coefficient (Wildman–Crippen LogP) is -0.578. The van der Waals surface area contributed by atoms with Gasteiger partial charge in [-0.3, -0.25) is 24.2 Å². The van der Waals surface area contributed by atoms with Gasteiger partial charge in [0.2, 0.25) is 17.7 Å². The summed E-state index contributed by atoms with van der Waals surface area (Å²) in [5, 5.41) is 16.6. The summed E-state index contributed by atoms with van der Waals surface area (Å²) < 4.78 is 5.43. The molecule has 222 valence electrons. The Balaban J connectivity index is 2.15. The number of hydrogen-bond donors (Lipinski definition) is 7. The third kappa shape index (κ3) is 12.4. The quantitative estimate of drug-likeness (QED) is 0.0734. The molecule has 0 aliphatic carbocycles. The first kappa shape index (κ1) is 32.6. The zero-order valence-electron chi connectivity index (χ0n) is 23.0. The summed E-state index contributed by atoms with van der Waals surface area (Å²) in [6.45, 7) is 2.01. The third-order valence-electron chi connectivity index (χ3n) is 5.93. The topological polar surface area (TPSA) is 224 Å².